The van der Waals surface area contributed by atoms with Crippen LogP contribution in [0.4, 0.5) is 0 Å². The maximum atomic E-state index is 10.6. The molecule has 0 aromatic heterocycles. The lowest BCUT2D eigenvalue weighted by Crippen LogP contribution is -2.39. The molecule has 1 atom stereocenters. The van der Waals surface area contributed by atoms with Crippen molar-refractivity contribution in [3.05, 3.63) is 52.5 Å². The molecule has 2 aliphatic rings. The van der Waals surface area contributed by atoms with Crippen molar-refractivity contribution in [1.82, 2.24) is 4.90 Å². The predicted octanol–water partition coefficient (Wildman–Crippen LogP) is 3.20. The average molecular weight is 348 g/mol. The maximum Gasteiger partial charge on any atom is 0.231 e. The molecule has 24 heavy (non-hydrogen) atoms. The number of benzene rings is 2. The molecule has 2 aromatic carbocycles. The quantitative estimate of drug-likeness (QED) is 0.924. The first-order valence-corrected chi connectivity index (χ1v) is 8.30. The van der Waals surface area contributed by atoms with Crippen LogP contribution in [0.5, 0.6) is 17.2 Å². The Hall–Kier alpha value is -1.95. The lowest BCUT2D eigenvalue weighted by molar-refractivity contribution is 0.0235. The maximum absolute atomic E-state index is 10.6. The Morgan fingerprint density at radius 2 is 1.71 bits per heavy atom. The molecular formula is C18H18ClNO4. The van der Waals surface area contributed by atoms with E-state index in [-0.39, 0.29) is 18.6 Å². The van der Waals surface area contributed by atoms with E-state index in [4.69, 9.17) is 25.8 Å². The van der Waals surface area contributed by atoms with Crippen molar-refractivity contribution < 1.29 is 19.3 Å². The molecule has 0 radical (unpaired) electrons. The van der Waals surface area contributed by atoms with Gasteiger partial charge >= 0.3 is 0 Å². The van der Waals surface area contributed by atoms with E-state index in [0.29, 0.717) is 29.7 Å². The summed E-state index contributed by atoms with van der Waals surface area (Å²) in [4.78, 5) is 2.27. The molecule has 6 heteroatoms. The summed E-state index contributed by atoms with van der Waals surface area (Å²) in [6.45, 7) is 3.03. The lowest BCUT2D eigenvalue weighted by Gasteiger charge is -2.35. The molecule has 0 bridgehead atoms. The van der Waals surface area contributed by atoms with Gasteiger partial charge in [-0.1, -0.05) is 29.8 Å². The third-order valence-corrected chi connectivity index (χ3v) is 4.77. The number of hydrogen-bond donors (Lipinski definition) is 1. The van der Waals surface area contributed by atoms with Crippen molar-refractivity contribution in [1.29, 1.82) is 0 Å². The SMILES string of the molecule is Oc1cc2c(cc1[C@@H](c1ccccc1Cl)N1CCOCC1)OCO2. The van der Waals surface area contributed by atoms with Gasteiger partial charge in [0.1, 0.15) is 5.75 Å². The van der Waals surface area contributed by atoms with Crippen LogP contribution in [0, 0.1) is 0 Å². The van der Waals surface area contributed by atoms with Crippen molar-refractivity contribution >= 4 is 11.6 Å². The Labute approximate surface area is 145 Å². The van der Waals surface area contributed by atoms with Gasteiger partial charge in [-0.3, -0.25) is 4.90 Å². The number of hydrogen-bond acceptors (Lipinski definition) is 5. The summed E-state index contributed by atoms with van der Waals surface area (Å²) >= 11 is 6.46. The molecule has 2 aliphatic heterocycles. The van der Waals surface area contributed by atoms with E-state index < -0.39 is 0 Å². The fourth-order valence-electron chi connectivity index (χ4n) is 3.26. The molecule has 5 nitrogen and oxygen atoms in total. The van der Waals surface area contributed by atoms with Gasteiger partial charge in [0.15, 0.2) is 11.5 Å². The van der Waals surface area contributed by atoms with E-state index in [0.717, 1.165) is 24.2 Å². The Kier molecular flexibility index (Phi) is 4.22. The zero-order valence-electron chi connectivity index (χ0n) is 13.1. The van der Waals surface area contributed by atoms with Gasteiger partial charge in [-0.2, -0.15) is 0 Å². The van der Waals surface area contributed by atoms with Crippen molar-refractivity contribution in [3.8, 4) is 17.2 Å². The minimum Gasteiger partial charge on any atom is -0.507 e. The van der Waals surface area contributed by atoms with Crippen molar-refractivity contribution in [2.45, 2.75) is 6.04 Å². The molecule has 0 unspecified atom stereocenters. The highest BCUT2D eigenvalue weighted by molar-refractivity contribution is 6.31. The van der Waals surface area contributed by atoms with Gasteiger partial charge in [0, 0.05) is 29.7 Å². The standard InChI is InChI=1S/C18H18ClNO4/c19-14-4-2-1-3-12(14)18(20-5-7-22-8-6-20)13-9-16-17(10-15(13)21)24-11-23-16/h1-4,9-10,18,21H,5-8,11H2/t18-/m1/s1. The molecule has 0 amide bonds. The number of phenolic OH excluding ortho intramolecular Hbond substituents is 1. The molecule has 1 N–H and O–H groups in total. The largest absolute Gasteiger partial charge is 0.507 e. The van der Waals surface area contributed by atoms with Crippen LogP contribution in [0.1, 0.15) is 17.2 Å². The minimum atomic E-state index is -0.169. The summed E-state index contributed by atoms with van der Waals surface area (Å²) < 4.78 is 16.3. The Morgan fingerprint density at radius 3 is 2.46 bits per heavy atom. The number of ether oxygens (including phenoxy) is 3. The summed E-state index contributed by atoms with van der Waals surface area (Å²) in [6, 6.07) is 11.0. The highest BCUT2D eigenvalue weighted by Gasteiger charge is 2.30. The van der Waals surface area contributed by atoms with Gasteiger partial charge in [-0.25, -0.2) is 0 Å². The van der Waals surface area contributed by atoms with Crippen molar-refractivity contribution in [2.24, 2.45) is 0 Å². The van der Waals surface area contributed by atoms with Crippen LogP contribution in [-0.2, 0) is 4.74 Å². The van der Waals surface area contributed by atoms with E-state index in [9.17, 15) is 5.11 Å². The Morgan fingerprint density at radius 1 is 1.00 bits per heavy atom. The molecular weight excluding hydrogens is 330 g/mol. The van der Waals surface area contributed by atoms with Gasteiger partial charge in [-0.15, -0.1) is 0 Å². The van der Waals surface area contributed by atoms with Gasteiger partial charge in [0.2, 0.25) is 6.79 Å². The smallest absolute Gasteiger partial charge is 0.231 e. The van der Waals surface area contributed by atoms with Gasteiger partial charge in [-0.05, 0) is 17.7 Å². The highest BCUT2D eigenvalue weighted by Crippen LogP contribution is 2.44. The summed E-state index contributed by atoms with van der Waals surface area (Å²) in [6.07, 6.45) is 0. The normalized spacial score (nSPS) is 18.5. The zero-order valence-corrected chi connectivity index (χ0v) is 13.8. The number of aromatic hydroxyl groups is 1. The van der Waals surface area contributed by atoms with Crippen LogP contribution >= 0.6 is 11.6 Å². The Balaban J connectivity index is 1.82. The third kappa shape index (κ3) is 2.79. The van der Waals surface area contributed by atoms with E-state index in [1.165, 1.54) is 0 Å². The number of fused-ring (bicyclic) bond motifs is 1. The molecule has 1 saturated heterocycles. The van der Waals surface area contributed by atoms with E-state index in [2.05, 4.69) is 4.90 Å². The number of morpholine rings is 1. The highest BCUT2D eigenvalue weighted by atomic mass is 35.5. The third-order valence-electron chi connectivity index (χ3n) is 4.43. The van der Waals surface area contributed by atoms with Crippen molar-refractivity contribution in [2.75, 3.05) is 33.1 Å². The molecule has 2 heterocycles. The van der Waals surface area contributed by atoms with Crippen LogP contribution in [0.15, 0.2) is 36.4 Å². The molecule has 4 rings (SSSR count). The molecule has 126 valence electrons. The van der Waals surface area contributed by atoms with E-state index in [1.807, 2.05) is 30.3 Å². The van der Waals surface area contributed by atoms with Crippen LogP contribution in [-0.4, -0.2) is 43.1 Å². The van der Waals surface area contributed by atoms with Crippen LogP contribution in [0.25, 0.3) is 0 Å². The van der Waals surface area contributed by atoms with Gasteiger partial charge < -0.3 is 19.3 Å². The van der Waals surface area contributed by atoms with Crippen LogP contribution in [0.3, 0.4) is 0 Å². The predicted molar refractivity (Wildman–Crippen MR) is 89.9 cm³/mol. The first kappa shape index (κ1) is 15.6. The first-order valence-electron chi connectivity index (χ1n) is 7.93. The number of halogens is 1. The second kappa shape index (κ2) is 6.51. The molecule has 0 aliphatic carbocycles. The zero-order chi connectivity index (χ0) is 16.5. The fourth-order valence-corrected chi connectivity index (χ4v) is 3.50. The summed E-state index contributed by atoms with van der Waals surface area (Å²) in [7, 11) is 0. The van der Waals surface area contributed by atoms with Crippen LogP contribution in [0.2, 0.25) is 5.02 Å². The molecule has 2 aromatic rings. The fraction of sp³-hybridized carbons (Fsp3) is 0.333. The second-order valence-corrected chi connectivity index (χ2v) is 6.24. The minimum absolute atomic E-state index is 0.169. The molecule has 0 spiro atoms. The first-order chi connectivity index (χ1) is 11.7. The second-order valence-electron chi connectivity index (χ2n) is 5.84. The average Bonchev–Trinajstić information content (AvgIpc) is 3.05. The lowest BCUT2D eigenvalue weighted by atomic mass is 9.95. The Bertz CT molecular complexity index is 746. The molecule has 0 saturated carbocycles. The number of phenols is 1. The monoisotopic (exact) mass is 347 g/mol. The summed E-state index contributed by atoms with van der Waals surface area (Å²) in [5.74, 6) is 1.39. The van der Waals surface area contributed by atoms with Crippen LogP contribution < -0.4 is 9.47 Å². The van der Waals surface area contributed by atoms with E-state index in [1.54, 1.807) is 6.07 Å². The molecule has 1 fully saturated rings. The number of rotatable bonds is 3. The van der Waals surface area contributed by atoms with E-state index >= 15 is 0 Å². The van der Waals surface area contributed by atoms with Gasteiger partial charge in [0.05, 0.1) is 19.3 Å². The topological polar surface area (TPSA) is 51.2 Å². The van der Waals surface area contributed by atoms with Crippen molar-refractivity contribution in [3.63, 3.8) is 0 Å². The number of nitrogens with zero attached hydrogens (tertiary/aromatic N) is 1. The summed E-state index contributed by atoms with van der Waals surface area (Å²) in [5, 5.41) is 11.3. The summed E-state index contributed by atoms with van der Waals surface area (Å²) in [5.41, 5.74) is 1.71. The van der Waals surface area contributed by atoms with Gasteiger partial charge in [0.25, 0.3) is 0 Å².